The van der Waals surface area contributed by atoms with E-state index in [0.29, 0.717) is 5.69 Å². The van der Waals surface area contributed by atoms with Gasteiger partial charge in [0.2, 0.25) is 0 Å². The molecule has 1 fully saturated rings. The number of morpholine rings is 1. The molecule has 8 nitrogen and oxygen atoms in total. The zero-order chi connectivity index (χ0) is 23.8. The standard InChI is InChI=1S/C26H23N5O3S/c32-31(33)20-8-5-18(6-9-20)23-16-30(28-27-23)24(17-29-11-13-34-14-12-29)19-7-10-26-22(15-19)21-3-1-2-4-25(21)35-26/h1-10,15-16,24H,11-14,17H2. The molecule has 1 atom stereocenters. The summed E-state index contributed by atoms with van der Waals surface area (Å²) >= 11 is 1.81. The van der Waals surface area contributed by atoms with Crippen LogP contribution in [0, 0.1) is 10.1 Å². The number of nitrogens with zero attached hydrogens (tertiary/aromatic N) is 5. The van der Waals surface area contributed by atoms with Crippen molar-refractivity contribution in [2.24, 2.45) is 0 Å². The minimum atomic E-state index is -0.400. The number of hydrogen-bond acceptors (Lipinski definition) is 7. The third-order valence-electron chi connectivity index (χ3n) is 6.52. The maximum Gasteiger partial charge on any atom is 0.269 e. The third-order valence-corrected chi connectivity index (χ3v) is 7.68. The molecule has 2 aromatic heterocycles. The van der Waals surface area contributed by atoms with Crippen LogP contribution >= 0.6 is 11.3 Å². The number of nitro groups is 1. The lowest BCUT2D eigenvalue weighted by molar-refractivity contribution is -0.384. The summed E-state index contributed by atoms with van der Waals surface area (Å²) in [6.45, 7) is 4.01. The number of nitro benzene ring substituents is 1. The van der Waals surface area contributed by atoms with Gasteiger partial charge in [0, 0.05) is 57.5 Å². The molecule has 1 unspecified atom stereocenters. The molecule has 35 heavy (non-hydrogen) atoms. The normalized spacial score (nSPS) is 15.5. The highest BCUT2D eigenvalue weighted by molar-refractivity contribution is 7.25. The second-order valence-electron chi connectivity index (χ2n) is 8.67. The molecule has 1 aliphatic rings. The molecule has 0 N–H and O–H groups in total. The first-order chi connectivity index (χ1) is 17.2. The van der Waals surface area contributed by atoms with Crippen LogP contribution in [0.5, 0.6) is 0 Å². The van der Waals surface area contributed by atoms with E-state index in [1.54, 1.807) is 12.1 Å². The van der Waals surface area contributed by atoms with Crippen molar-refractivity contribution in [1.82, 2.24) is 19.9 Å². The first-order valence-corrected chi connectivity index (χ1v) is 12.4. The average Bonchev–Trinajstić information content (AvgIpc) is 3.53. The van der Waals surface area contributed by atoms with Gasteiger partial charge < -0.3 is 4.74 Å². The van der Waals surface area contributed by atoms with E-state index in [1.165, 1.54) is 37.9 Å². The van der Waals surface area contributed by atoms with Crippen LogP contribution in [-0.4, -0.2) is 57.7 Å². The Morgan fingerprint density at radius 3 is 2.57 bits per heavy atom. The second kappa shape index (κ2) is 9.18. The van der Waals surface area contributed by atoms with Gasteiger partial charge in [-0.25, -0.2) is 4.68 Å². The molecule has 6 rings (SSSR count). The van der Waals surface area contributed by atoms with E-state index < -0.39 is 4.92 Å². The zero-order valence-electron chi connectivity index (χ0n) is 18.9. The van der Waals surface area contributed by atoms with Crippen molar-refractivity contribution in [2.45, 2.75) is 6.04 Å². The molecule has 5 aromatic rings. The summed E-state index contributed by atoms with van der Waals surface area (Å²) in [5, 5.41) is 22.4. The molecule has 176 valence electrons. The van der Waals surface area contributed by atoms with Crippen molar-refractivity contribution in [1.29, 1.82) is 0 Å². The molecule has 0 aliphatic carbocycles. The highest BCUT2D eigenvalue weighted by Gasteiger charge is 2.23. The number of non-ortho nitro benzene ring substituents is 1. The minimum Gasteiger partial charge on any atom is -0.379 e. The van der Waals surface area contributed by atoms with Crippen molar-refractivity contribution in [3.05, 3.63) is 88.6 Å². The summed E-state index contributed by atoms with van der Waals surface area (Å²) < 4.78 is 10.0. The molecule has 0 bridgehead atoms. The van der Waals surface area contributed by atoms with Crippen LogP contribution in [0.2, 0.25) is 0 Å². The summed E-state index contributed by atoms with van der Waals surface area (Å²) in [5.74, 6) is 0. The van der Waals surface area contributed by atoms with Gasteiger partial charge >= 0.3 is 0 Å². The highest BCUT2D eigenvalue weighted by atomic mass is 32.1. The third kappa shape index (κ3) is 4.29. The molecule has 0 radical (unpaired) electrons. The number of aromatic nitrogens is 3. The first kappa shape index (κ1) is 21.8. The molecular formula is C26H23N5O3S. The smallest absolute Gasteiger partial charge is 0.269 e. The summed E-state index contributed by atoms with van der Waals surface area (Å²) in [7, 11) is 0. The van der Waals surface area contributed by atoms with Crippen molar-refractivity contribution < 1.29 is 9.66 Å². The van der Waals surface area contributed by atoms with E-state index in [2.05, 4.69) is 57.7 Å². The predicted molar refractivity (Wildman–Crippen MR) is 137 cm³/mol. The van der Waals surface area contributed by atoms with E-state index in [4.69, 9.17) is 4.74 Å². The molecule has 1 aliphatic heterocycles. The molecule has 0 saturated carbocycles. The maximum atomic E-state index is 11.0. The largest absolute Gasteiger partial charge is 0.379 e. The van der Waals surface area contributed by atoms with Crippen LogP contribution in [0.3, 0.4) is 0 Å². The Morgan fingerprint density at radius 1 is 1.00 bits per heavy atom. The van der Waals surface area contributed by atoms with Crippen LogP contribution in [0.15, 0.2) is 72.9 Å². The van der Waals surface area contributed by atoms with Crippen LogP contribution in [0.4, 0.5) is 5.69 Å². The van der Waals surface area contributed by atoms with Crippen LogP contribution < -0.4 is 0 Å². The van der Waals surface area contributed by atoms with Gasteiger partial charge in [-0.05, 0) is 35.9 Å². The van der Waals surface area contributed by atoms with Gasteiger partial charge in [-0.1, -0.05) is 29.5 Å². The van der Waals surface area contributed by atoms with Gasteiger partial charge in [0.1, 0.15) is 5.69 Å². The van der Waals surface area contributed by atoms with Gasteiger partial charge in [-0.3, -0.25) is 15.0 Å². The molecule has 1 saturated heterocycles. The monoisotopic (exact) mass is 485 g/mol. The fourth-order valence-corrected chi connectivity index (χ4v) is 5.72. The van der Waals surface area contributed by atoms with E-state index in [0.717, 1.165) is 38.4 Å². The second-order valence-corrected chi connectivity index (χ2v) is 9.75. The molecule has 0 amide bonds. The quantitative estimate of drug-likeness (QED) is 0.244. The van der Waals surface area contributed by atoms with Crippen LogP contribution in [-0.2, 0) is 4.74 Å². The van der Waals surface area contributed by atoms with Gasteiger partial charge in [0.15, 0.2) is 0 Å². The fourth-order valence-electron chi connectivity index (χ4n) is 4.64. The molecule has 9 heteroatoms. The number of fused-ring (bicyclic) bond motifs is 3. The molecule has 3 aromatic carbocycles. The fraction of sp³-hybridized carbons (Fsp3) is 0.231. The molecular weight excluding hydrogens is 462 g/mol. The summed E-state index contributed by atoms with van der Waals surface area (Å²) in [6.07, 6.45) is 1.93. The van der Waals surface area contributed by atoms with Gasteiger partial charge in [0.05, 0.1) is 30.4 Å². The lowest BCUT2D eigenvalue weighted by Crippen LogP contribution is -2.40. The van der Waals surface area contributed by atoms with Crippen molar-refractivity contribution in [2.75, 3.05) is 32.8 Å². The van der Waals surface area contributed by atoms with Crippen molar-refractivity contribution in [3.8, 4) is 11.3 Å². The Bertz CT molecular complexity index is 1500. The number of hydrogen-bond donors (Lipinski definition) is 0. The van der Waals surface area contributed by atoms with Crippen LogP contribution in [0.1, 0.15) is 11.6 Å². The SMILES string of the molecule is O=[N+]([O-])c1ccc(-c2cn(C(CN3CCOCC3)c3ccc4sc5ccccc5c4c3)nn2)cc1. The summed E-state index contributed by atoms with van der Waals surface area (Å²) in [5.41, 5.74) is 2.72. The van der Waals surface area contributed by atoms with Crippen molar-refractivity contribution in [3.63, 3.8) is 0 Å². The van der Waals surface area contributed by atoms with E-state index in [-0.39, 0.29) is 11.7 Å². The maximum absolute atomic E-state index is 11.0. The van der Waals surface area contributed by atoms with E-state index >= 15 is 0 Å². The highest BCUT2D eigenvalue weighted by Crippen LogP contribution is 2.36. The summed E-state index contributed by atoms with van der Waals surface area (Å²) in [6, 6.07) is 21.6. The number of ether oxygens (including phenoxy) is 1. The number of thiophene rings is 1. The average molecular weight is 486 g/mol. The van der Waals surface area contributed by atoms with E-state index in [1.807, 2.05) is 22.2 Å². The zero-order valence-corrected chi connectivity index (χ0v) is 19.7. The summed E-state index contributed by atoms with van der Waals surface area (Å²) in [4.78, 5) is 13.0. The Hall–Kier alpha value is -3.66. The Kier molecular flexibility index (Phi) is 5.73. The Balaban J connectivity index is 1.39. The number of rotatable bonds is 6. The topological polar surface area (TPSA) is 86.3 Å². The van der Waals surface area contributed by atoms with Crippen molar-refractivity contribution >= 4 is 37.2 Å². The predicted octanol–water partition coefficient (Wildman–Crippen LogP) is 5.14. The molecule has 3 heterocycles. The minimum absolute atomic E-state index is 0.0320. The van der Waals surface area contributed by atoms with Gasteiger partial charge in [-0.15, -0.1) is 16.4 Å². The first-order valence-electron chi connectivity index (χ1n) is 11.5. The van der Waals surface area contributed by atoms with Gasteiger partial charge in [-0.2, -0.15) is 0 Å². The Labute approximate surface area is 205 Å². The lowest BCUT2D eigenvalue weighted by Gasteiger charge is -2.30. The van der Waals surface area contributed by atoms with E-state index in [9.17, 15) is 10.1 Å². The molecule has 0 spiro atoms. The number of benzene rings is 3. The van der Waals surface area contributed by atoms with Crippen LogP contribution in [0.25, 0.3) is 31.4 Å². The lowest BCUT2D eigenvalue weighted by atomic mass is 10.0. The Morgan fingerprint density at radius 2 is 1.77 bits per heavy atom. The van der Waals surface area contributed by atoms with Gasteiger partial charge in [0.25, 0.3) is 5.69 Å².